The molecule has 21 heavy (non-hydrogen) atoms. The minimum absolute atomic E-state index is 0.169. The van der Waals surface area contributed by atoms with E-state index in [0.29, 0.717) is 4.47 Å². The Kier molecular flexibility index (Phi) is 5.95. The third kappa shape index (κ3) is 5.41. The molecular weight excluding hydrogens is 356 g/mol. The van der Waals surface area contributed by atoms with Crippen LogP contribution in [0.4, 0.5) is 0 Å². The number of carbonyl (C=O) groups excluding carboxylic acids is 1. The van der Waals surface area contributed by atoms with Crippen LogP contribution in [0.5, 0.6) is 0 Å². The van der Waals surface area contributed by atoms with Crippen molar-refractivity contribution in [3.05, 3.63) is 28.7 Å². The Labute approximate surface area is 134 Å². The molecule has 0 heterocycles. The van der Waals surface area contributed by atoms with Crippen LogP contribution in [-0.2, 0) is 14.8 Å². The number of rotatable bonds is 5. The molecular formula is C14H21BrN2O3S. The number of benzene rings is 1. The van der Waals surface area contributed by atoms with Crippen molar-refractivity contribution in [3.8, 4) is 0 Å². The maximum atomic E-state index is 12.5. The number of nitrogens with zero attached hydrogens (tertiary/aromatic N) is 1. The Morgan fingerprint density at radius 2 is 1.95 bits per heavy atom. The van der Waals surface area contributed by atoms with Gasteiger partial charge in [0.15, 0.2) is 0 Å². The van der Waals surface area contributed by atoms with Crippen molar-refractivity contribution in [1.29, 1.82) is 0 Å². The molecule has 0 unspecified atom stereocenters. The smallest absolute Gasteiger partial charge is 0.243 e. The van der Waals surface area contributed by atoms with Gasteiger partial charge in [-0.3, -0.25) is 4.79 Å². The van der Waals surface area contributed by atoms with Gasteiger partial charge in [0.25, 0.3) is 0 Å². The van der Waals surface area contributed by atoms with Gasteiger partial charge in [-0.2, -0.15) is 4.31 Å². The Bertz CT molecular complexity index is 609. The lowest BCUT2D eigenvalue weighted by atomic mass is 10.1. The summed E-state index contributed by atoms with van der Waals surface area (Å²) in [5.41, 5.74) is -0.393. The van der Waals surface area contributed by atoms with Crippen LogP contribution in [0, 0.1) is 0 Å². The van der Waals surface area contributed by atoms with E-state index in [-0.39, 0.29) is 23.9 Å². The zero-order valence-corrected chi connectivity index (χ0v) is 15.1. The fourth-order valence-corrected chi connectivity index (χ4v) is 3.76. The Morgan fingerprint density at radius 1 is 1.33 bits per heavy atom. The van der Waals surface area contributed by atoms with Crippen LogP contribution < -0.4 is 5.32 Å². The van der Waals surface area contributed by atoms with E-state index in [2.05, 4.69) is 21.2 Å². The van der Waals surface area contributed by atoms with E-state index in [1.54, 1.807) is 19.1 Å². The zero-order valence-electron chi connectivity index (χ0n) is 12.7. The van der Waals surface area contributed by atoms with E-state index in [1.807, 2.05) is 20.8 Å². The average Bonchev–Trinajstić information content (AvgIpc) is 2.33. The molecule has 0 saturated heterocycles. The first kappa shape index (κ1) is 18.1. The predicted octanol–water partition coefficient (Wildman–Crippen LogP) is 2.37. The molecule has 0 aliphatic rings. The first-order valence-electron chi connectivity index (χ1n) is 6.63. The second kappa shape index (κ2) is 6.89. The highest BCUT2D eigenvalue weighted by Crippen LogP contribution is 2.19. The number of sulfonamides is 1. The zero-order chi connectivity index (χ0) is 16.3. The summed E-state index contributed by atoms with van der Waals surface area (Å²) in [6.07, 6.45) is 0. The molecule has 0 saturated carbocycles. The first-order valence-corrected chi connectivity index (χ1v) is 8.86. The lowest BCUT2D eigenvalue weighted by Gasteiger charge is -2.24. The van der Waals surface area contributed by atoms with Crippen molar-refractivity contribution < 1.29 is 13.2 Å². The third-order valence-electron chi connectivity index (χ3n) is 2.62. The number of hydrogen-bond acceptors (Lipinski definition) is 3. The van der Waals surface area contributed by atoms with Crippen molar-refractivity contribution >= 4 is 31.9 Å². The fourth-order valence-electron chi connectivity index (χ4n) is 1.76. The second-order valence-corrected chi connectivity index (χ2v) is 8.54. The highest BCUT2D eigenvalue weighted by Gasteiger charge is 2.26. The maximum absolute atomic E-state index is 12.5. The summed E-state index contributed by atoms with van der Waals surface area (Å²) in [7, 11) is -3.68. The minimum atomic E-state index is -3.68. The minimum Gasteiger partial charge on any atom is -0.350 e. The molecule has 0 spiro atoms. The Hall–Kier alpha value is -0.920. The number of likely N-dealkylation sites (N-methyl/N-ethyl adjacent to an activating group) is 1. The molecule has 0 fully saturated rings. The number of hydrogen-bond donors (Lipinski definition) is 1. The van der Waals surface area contributed by atoms with Crippen molar-refractivity contribution in [2.75, 3.05) is 13.1 Å². The second-order valence-electron chi connectivity index (χ2n) is 5.69. The Balaban J connectivity index is 2.96. The summed E-state index contributed by atoms with van der Waals surface area (Å²) in [6, 6.07) is 6.45. The number of halogens is 1. The molecule has 0 atom stereocenters. The van der Waals surface area contributed by atoms with Crippen LogP contribution >= 0.6 is 15.9 Å². The average molecular weight is 377 g/mol. The lowest BCUT2D eigenvalue weighted by Crippen LogP contribution is -2.47. The highest BCUT2D eigenvalue weighted by molar-refractivity contribution is 9.10. The number of carbonyl (C=O) groups is 1. The molecule has 5 nitrogen and oxygen atoms in total. The molecule has 0 radical (unpaired) electrons. The van der Waals surface area contributed by atoms with Crippen LogP contribution in [0.3, 0.4) is 0 Å². The van der Waals surface area contributed by atoms with Gasteiger partial charge in [-0.05, 0) is 39.0 Å². The van der Waals surface area contributed by atoms with Crippen LogP contribution in [0.1, 0.15) is 27.7 Å². The molecule has 0 bridgehead atoms. The summed E-state index contributed by atoms with van der Waals surface area (Å²) in [4.78, 5) is 12.1. The van der Waals surface area contributed by atoms with Gasteiger partial charge in [-0.15, -0.1) is 0 Å². The first-order chi connectivity index (χ1) is 9.56. The van der Waals surface area contributed by atoms with Gasteiger partial charge in [0, 0.05) is 16.6 Å². The monoisotopic (exact) mass is 376 g/mol. The molecule has 7 heteroatoms. The number of amides is 1. The van der Waals surface area contributed by atoms with Gasteiger partial charge < -0.3 is 5.32 Å². The molecule has 1 aromatic carbocycles. The van der Waals surface area contributed by atoms with Gasteiger partial charge >= 0.3 is 0 Å². The molecule has 1 N–H and O–H groups in total. The van der Waals surface area contributed by atoms with E-state index in [9.17, 15) is 13.2 Å². The SMILES string of the molecule is CCN(CC(=O)NC(C)(C)C)S(=O)(=O)c1cccc(Br)c1. The normalized spacial score (nSPS) is 12.5. The molecule has 1 amide bonds. The number of nitrogens with one attached hydrogen (secondary N) is 1. The lowest BCUT2D eigenvalue weighted by molar-refractivity contribution is -0.122. The van der Waals surface area contributed by atoms with Gasteiger partial charge in [0.2, 0.25) is 15.9 Å². The van der Waals surface area contributed by atoms with Gasteiger partial charge in [0.1, 0.15) is 0 Å². The van der Waals surface area contributed by atoms with Crippen molar-refractivity contribution in [1.82, 2.24) is 9.62 Å². The summed E-state index contributed by atoms with van der Waals surface area (Å²) in [5.74, 6) is -0.317. The molecule has 118 valence electrons. The van der Waals surface area contributed by atoms with Gasteiger partial charge in [0.05, 0.1) is 11.4 Å². The molecule has 1 rings (SSSR count). The quantitative estimate of drug-likeness (QED) is 0.857. The van der Waals surface area contributed by atoms with Crippen LogP contribution in [0.25, 0.3) is 0 Å². The van der Waals surface area contributed by atoms with Gasteiger partial charge in [-0.25, -0.2) is 8.42 Å². The largest absolute Gasteiger partial charge is 0.350 e. The summed E-state index contributed by atoms with van der Waals surface area (Å²) in [6.45, 7) is 7.30. The summed E-state index contributed by atoms with van der Waals surface area (Å²) >= 11 is 3.25. The highest BCUT2D eigenvalue weighted by atomic mass is 79.9. The van der Waals surface area contributed by atoms with Crippen molar-refractivity contribution in [2.24, 2.45) is 0 Å². The summed E-state index contributed by atoms with van der Waals surface area (Å²) in [5, 5.41) is 2.76. The van der Waals surface area contributed by atoms with Crippen LogP contribution in [-0.4, -0.2) is 37.3 Å². The summed E-state index contributed by atoms with van der Waals surface area (Å²) < 4.78 is 26.9. The molecule has 0 aliphatic heterocycles. The maximum Gasteiger partial charge on any atom is 0.243 e. The van der Waals surface area contributed by atoms with E-state index < -0.39 is 15.6 Å². The van der Waals surface area contributed by atoms with Crippen LogP contribution in [0.15, 0.2) is 33.6 Å². The fraction of sp³-hybridized carbons (Fsp3) is 0.500. The predicted molar refractivity (Wildman–Crippen MR) is 86.5 cm³/mol. The Morgan fingerprint density at radius 3 is 2.43 bits per heavy atom. The molecule has 1 aromatic rings. The molecule has 0 aliphatic carbocycles. The van der Waals surface area contributed by atoms with E-state index in [1.165, 1.54) is 12.1 Å². The van der Waals surface area contributed by atoms with E-state index in [0.717, 1.165) is 4.31 Å². The van der Waals surface area contributed by atoms with Crippen LogP contribution in [0.2, 0.25) is 0 Å². The van der Waals surface area contributed by atoms with Crippen molar-refractivity contribution in [3.63, 3.8) is 0 Å². The van der Waals surface area contributed by atoms with E-state index >= 15 is 0 Å². The van der Waals surface area contributed by atoms with Crippen molar-refractivity contribution in [2.45, 2.75) is 38.1 Å². The van der Waals surface area contributed by atoms with E-state index in [4.69, 9.17) is 0 Å². The molecule has 0 aromatic heterocycles. The van der Waals surface area contributed by atoms with Gasteiger partial charge in [-0.1, -0.05) is 28.9 Å². The standard InChI is InChI=1S/C14H21BrN2O3S/c1-5-17(10-13(18)16-14(2,3)4)21(19,20)12-8-6-7-11(15)9-12/h6-9H,5,10H2,1-4H3,(H,16,18). The third-order valence-corrected chi connectivity index (χ3v) is 5.03. The topological polar surface area (TPSA) is 66.5 Å².